The molecule has 1 aromatic heterocycles. The summed E-state index contributed by atoms with van der Waals surface area (Å²) in [6.45, 7) is 2.39. The summed E-state index contributed by atoms with van der Waals surface area (Å²) in [7, 11) is 0. The normalized spacial score (nSPS) is 16.6. The molecule has 29 heavy (non-hydrogen) atoms. The third-order valence-electron chi connectivity index (χ3n) is 4.60. The monoisotopic (exact) mass is 408 g/mol. The van der Waals surface area contributed by atoms with Gasteiger partial charge in [-0.25, -0.2) is 4.98 Å². The first-order valence-electron chi connectivity index (χ1n) is 9.31. The first-order valence-corrected chi connectivity index (χ1v) is 10.2. The van der Waals surface area contributed by atoms with E-state index in [1.54, 1.807) is 0 Å². The summed E-state index contributed by atoms with van der Waals surface area (Å²) in [5.41, 5.74) is 1.78. The summed E-state index contributed by atoms with van der Waals surface area (Å²) in [6, 6.07) is 19.1. The summed E-state index contributed by atoms with van der Waals surface area (Å²) in [5, 5.41) is -0.284. The summed E-state index contributed by atoms with van der Waals surface area (Å²) in [4.78, 5) is 30.5. The van der Waals surface area contributed by atoms with Gasteiger partial charge in [0.2, 0.25) is 5.89 Å². The zero-order valence-electron chi connectivity index (χ0n) is 15.9. The first-order chi connectivity index (χ1) is 14.1. The van der Waals surface area contributed by atoms with Gasteiger partial charge in [0.1, 0.15) is 5.76 Å². The third kappa shape index (κ3) is 4.41. The number of aromatic nitrogens is 1. The average molecular weight is 408 g/mol. The highest BCUT2D eigenvalue weighted by atomic mass is 32.2. The largest absolute Gasteiger partial charge is 0.441 e. The Morgan fingerprint density at radius 1 is 1.07 bits per heavy atom. The van der Waals surface area contributed by atoms with E-state index >= 15 is 0 Å². The quantitative estimate of drug-likeness (QED) is 0.576. The van der Waals surface area contributed by atoms with E-state index in [2.05, 4.69) is 4.98 Å². The fourth-order valence-corrected chi connectivity index (χ4v) is 3.92. The molecule has 7 heteroatoms. The highest BCUT2D eigenvalue weighted by Crippen LogP contribution is 2.29. The molecule has 3 aromatic rings. The van der Waals surface area contributed by atoms with Gasteiger partial charge in [0.15, 0.2) is 5.44 Å². The molecular weight excluding hydrogens is 388 g/mol. The van der Waals surface area contributed by atoms with Gasteiger partial charge >= 0.3 is 0 Å². The number of hydrogen-bond acceptors (Lipinski definition) is 6. The van der Waals surface area contributed by atoms with Gasteiger partial charge in [0.05, 0.1) is 18.8 Å². The average Bonchev–Trinajstić information content (AvgIpc) is 3.24. The number of carbonyl (C=O) groups excluding carboxylic acids is 2. The van der Waals surface area contributed by atoms with E-state index in [-0.39, 0.29) is 24.3 Å². The van der Waals surface area contributed by atoms with Crippen molar-refractivity contribution in [3.05, 3.63) is 77.7 Å². The molecule has 0 N–H and O–H groups in total. The smallest absolute Gasteiger partial charge is 0.291 e. The van der Waals surface area contributed by atoms with Crippen molar-refractivity contribution in [1.29, 1.82) is 0 Å². The van der Waals surface area contributed by atoms with Crippen LogP contribution < -0.4 is 0 Å². The molecule has 1 saturated heterocycles. The molecule has 1 fully saturated rings. The van der Waals surface area contributed by atoms with Crippen LogP contribution in [0.4, 0.5) is 4.79 Å². The fraction of sp³-hybridized carbons (Fsp3) is 0.227. The van der Waals surface area contributed by atoms with Crippen LogP contribution in [0.5, 0.6) is 0 Å². The number of thioether (sulfide) groups is 1. The standard InChI is InChI=1S/C22H20N2O4S/c1-15-18(23-19(28-15)17-10-6-3-7-11-17)12-13-27-21-20(25)24(22(26)29-21)14-16-8-4-2-5-9-16/h2-11,21H,12-14H2,1H3. The number of ether oxygens (including phenoxy) is 1. The predicted molar refractivity (Wildman–Crippen MR) is 110 cm³/mol. The van der Waals surface area contributed by atoms with Crippen molar-refractivity contribution < 1.29 is 18.7 Å². The predicted octanol–water partition coefficient (Wildman–Crippen LogP) is 4.43. The lowest BCUT2D eigenvalue weighted by Gasteiger charge is -2.13. The van der Waals surface area contributed by atoms with E-state index in [4.69, 9.17) is 9.15 Å². The van der Waals surface area contributed by atoms with Crippen LogP contribution in [0.2, 0.25) is 0 Å². The lowest BCUT2D eigenvalue weighted by Crippen LogP contribution is -2.32. The van der Waals surface area contributed by atoms with Crippen molar-refractivity contribution in [3.63, 3.8) is 0 Å². The van der Waals surface area contributed by atoms with Crippen LogP contribution in [0.3, 0.4) is 0 Å². The number of amides is 2. The Morgan fingerprint density at radius 2 is 1.76 bits per heavy atom. The molecule has 2 aromatic carbocycles. The van der Waals surface area contributed by atoms with E-state index in [9.17, 15) is 9.59 Å². The SMILES string of the molecule is Cc1oc(-c2ccccc2)nc1CCOC1SC(=O)N(Cc2ccccc2)C1=O. The Hall–Kier alpha value is -2.90. The molecule has 0 aliphatic carbocycles. The van der Waals surface area contributed by atoms with Gasteiger partial charge in [-0.15, -0.1) is 0 Å². The number of aryl methyl sites for hydroxylation is 1. The number of imide groups is 1. The second-order valence-electron chi connectivity index (χ2n) is 6.63. The van der Waals surface area contributed by atoms with Crippen LogP contribution in [0.25, 0.3) is 11.5 Å². The molecular formula is C22H20N2O4S. The molecule has 6 nitrogen and oxygen atoms in total. The van der Waals surface area contributed by atoms with Gasteiger partial charge in [0.25, 0.3) is 11.1 Å². The van der Waals surface area contributed by atoms with Crippen molar-refractivity contribution in [2.45, 2.75) is 25.3 Å². The fourth-order valence-electron chi connectivity index (χ4n) is 3.06. The molecule has 2 amide bonds. The third-order valence-corrected chi connectivity index (χ3v) is 5.57. The van der Waals surface area contributed by atoms with Crippen LogP contribution in [0.15, 0.2) is 65.1 Å². The maximum absolute atomic E-state index is 12.5. The Morgan fingerprint density at radius 3 is 2.48 bits per heavy atom. The molecule has 0 bridgehead atoms. The van der Waals surface area contributed by atoms with E-state index in [1.165, 1.54) is 4.90 Å². The lowest BCUT2D eigenvalue weighted by atomic mass is 10.2. The van der Waals surface area contributed by atoms with Gasteiger partial charge in [-0.3, -0.25) is 14.5 Å². The Labute approximate surface area is 172 Å². The van der Waals surface area contributed by atoms with Gasteiger partial charge in [0, 0.05) is 12.0 Å². The van der Waals surface area contributed by atoms with Gasteiger partial charge in [-0.1, -0.05) is 48.5 Å². The first kappa shape index (κ1) is 19.4. The van der Waals surface area contributed by atoms with E-state index in [0.29, 0.717) is 12.3 Å². The second kappa shape index (κ2) is 8.63. The Balaban J connectivity index is 1.34. The molecule has 2 heterocycles. The molecule has 0 saturated carbocycles. The summed E-state index contributed by atoms with van der Waals surface area (Å²) >= 11 is 0.914. The summed E-state index contributed by atoms with van der Waals surface area (Å²) in [5.74, 6) is 0.971. The number of rotatable bonds is 7. The minimum absolute atomic E-state index is 0.258. The molecule has 0 spiro atoms. The second-order valence-corrected chi connectivity index (χ2v) is 7.65. The molecule has 1 aliphatic rings. The number of nitrogens with zero attached hydrogens (tertiary/aromatic N) is 2. The molecule has 148 valence electrons. The van der Waals surface area contributed by atoms with Crippen LogP contribution in [0.1, 0.15) is 17.0 Å². The Bertz CT molecular complexity index is 1000. The Kier molecular flexibility index (Phi) is 5.78. The van der Waals surface area contributed by atoms with Crippen molar-refractivity contribution in [2.75, 3.05) is 6.61 Å². The molecule has 1 aliphatic heterocycles. The van der Waals surface area contributed by atoms with Gasteiger partial charge in [-0.2, -0.15) is 0 Å². The zero-order chi connectivity index (χ0) is 20.2. The highest BCUT2D eigenvalue weighted by Gasteiger charge is 2.40. The molecule has 1 unspecified atom stereocenters. The minimum Gasteiger partial charge on any atom is -0.441 e. The van der Waals surface area contributed by atoms with E-state index < -0.39 is 5.44 Å². The van der Waals surface area contributed by atoms with Gasteiger partial charge in [-0.05, 0) is 36.4 Å². The maximum atomic E-state index is 12.5. The van der Waals surface area contributed by atoms with Crippen molar-refractivity contribution in [1.82, 2.24) is 9.88 Å². The van der Waals surface area contributed by atoms with Gasteiger partial charge < -0.3 is 9.15 Å². The summed E-state index contributed by atoms with van der Waals surface area (Å²) < 4.78 is 11.4. The number of hydrogen-bond donors (Lipinski definition) is 0. The zero-order valence-corrected chi connectivity index (χ0v) is 16.7. The van der Waals surface area contributed by atoms with Crippen LogP contribution in [-0.4, -0.2) is 33.1 Å². The number of carbonyl (C=O) groups is 2. The number of oxazole rings is 1. The maximum Gasteiger partial charge on any atom is 0.291 e. The highest BCUT2D eigenvalue weighted by molar-refractivity contribution is 8.15. The van der Waals surface area contributed by atoms with E-state index in [0.717, 1.165) is 34.3 Å². The van der Waals surface area contributed by atoms with Crippen LogP contribution >= 0.6 is 11.8 Å². The lowest BCUT2D eigenvalue weighted by molar-refractivity contribution is -0.134. The molecule has 0 radical (unpaired) electrons. The van der Waals surface area contributed by atoms with Crippen molar-refractivity contribution in [3.8, 4) is 11.5 Å². The number of benzene rings is 2. The van der Waals surface area contributed by atoms with Crippen LogP contribution in [0, 0.1) is 6.92 Å². The molecule has 4 rings (SSSR count). The topological polar surface area (TPSA) is 72.6 Å². The summed E-state index contributed by atoms with van der Waals surface area (Å²) in [6.07, 6.45) is 0.499. The minimum atomic E-state index is -0.813. The molecule has 1 atom stereocenters. The van der Waals surface area contributed by atoms with Crippen molar-refractivity contribution >= 4 is 22.9 Å². The van der Waals surface area contributed by atoms with E-state index in [1.807, 2.05) is 67.6 Å². The van der Waals surface area contributed by atoms with Crippen LogP contribution in [-0.2, 0) is 22.5 Å². The van der Waals surface area contributed by atoms with Crippen molar-refractivity contribution in [2.24, 2.45) is 0 Å².